The summed E-state index contributed by atoms with van der Waals surface area (Å²) >= 11 is 0. The Morgan fingerprint density at radius 1 is 1.62 bits per heavy atom. The predicted molar refractivity (Wildman–Crippen MR) is 54.7 cm³/mol. The molecular formula is C10H13NO5. The lowest BCUT2D eigenvalue weighted by molar-refractivity contribution is -0.145. The van der Waals surface area contributed by atoms with Gasteiger partial charge in [-0.1, -0.05) is 6.04 Å². The Kier molecular flexibility index (Phi) is 1.66. The summed E-state index contributed by atoms with van der Waals surface area (Å²) in [5.74, 6) is -4.15. The highest BCUT2D eigenvalue weighted by atomic mass is 16.5. The first-order valence-corrected chi connectivity index (χ1v) is 3.96. The van der Waals surface area contributed by atoms with Gasteiger partial charge in [-0.25, -0.2) is 0 Å². The van der Waals surface area contributed by atoms with E-state index in [9.17, 15) is 20.1 Å². The van der Waals surface area contributed by atoms with Crippen LogP contribution >= 0.6 is 0 Å². The van der Waals surface area contributed by atoms with Crippen molar-refractivity contribution in [2.24, 2.45) is 5.72 Å². The van der Waals surface area contributed by atoms with Crippen molar-refractivity contribution in [3.8, 4) is 11.5 Å². The van der Waals surface area contributed by atoms with E-state index in [1.165, 1.54) is 0 Å². The number of nitrogens with two attached hydrogens (primary N) is 1. The SMILES string of the molecule is [2H]c1c([2H])c([C@]([2H])(O)[C@]([2H])(C(=O)OC)N([2H])[2H])c([2H])c(O)c1O. The van der Waals surface area contributed by atoms with Gasteiger partial charge < -0.3 is 25.8 Å². The van der Waals surface area contributed by atoms with E-state index < -0.39 is 59.0 Å². The molecule has 16 heavy (non-hydrogen) atoms. The summed E-state index contributed by atoms with van der Waals surface area (Å²) in [7, 11) is 0.763. The minimum atomic E-state index is -3.63. The summed E-state index contributed by atoms with van der Waals surface area (Å²) in [5.41, 5.74) is -1.89. The van der Waals surface area contributed by atoms with Crippen LogP contribution in [0.25, 0.3) is 0 Å². The number of hydrogen-bond acceptors (Lipinski definition) is 6. The smallest absolute Gasteiger partial charge is 0.325 e. The van der Waals surface area contributed by atoms with Gasteiger partial charge in [0.15, 0.2) is 11.5 Å². The molecule has 5 N–H and O–H groups in total. The molecule has 0 amide bonds. The molecule has 0 fully saturated rings. The number of carbonyl (C=O) groups is 1. The molecule has 0 spiro atoms. The number of aromatic hydroxyl groups is 2. The summed E-state index contributed by atoms with van der Waals surface area (Å²) in [6.45, 7) is 0. The van der Waals surface area contributed by atoms with E-state index in [-0.39, 0.29) is 0 Å². The van der Waals surface area contributed by atoms with Crippen LogP contribution in [0.4, 0.5) is 0 Å². The average Bonchev–Trinajstić information content (AvgIpc) is 2.48. The number of carbonyl (C=O) groups excluding carboxylic acids is 1. The zero-order valence-electron chi connectivity index (χ0n) is 15.1. The van der Waals surface area contributed by atoms with E-state index >= 15 is 0 Å². The second-order valence-corrected chi connectivity index (χ2v) is 2.64. The normalized spacial score (nSPS) is 24.6. The third-order valence-electron chi connectivity index (χ3n) is 1.61. The third kappa shape index (κ3) is 2.41. The molecule has 1 aromatic carbocycles. The zero-order valence-corrected chi connectivity index (χ0v) is 8.11. The van der Waals surface area contributed by atoms with Crippen LogP contribution in [0.3, 0.4) is 0 Å². The van der Waals surface area contributed by atoms with Crippen LogP contribution in [-0.2, 0) is 9.53 Å². The van der Waals surface area contributed by atoms with Gasteiger partial charge in [-0.3, -0.25) is 4.79 Å². The summed E-state index contributed by atoms with van der Waals surface area (Å²) in [5, 5.41) is 29.2. The highest BCUT2D eigenvalue weighted by Gasteiger charge is 2.25. The summed E-state index contributed by atoms with van der Waals surface area (Å²) < 4.78 is 56.6. The van der Waals surface area contributed by atoms with Crippen molar-refractivity contribution in [2.75, 3.05) is 7.11 Å². The molecule has 0 saturated carbocycles. The van der Waals surface area contributed by atoms with Crippen LogP contribution in [0.2, 0.25) is 2.82 Å². The lowest BCUT2D eigenvalue weighted by atomic mass is 10.0. The van der Waals surface area contributed by atoms with E-state index in [1.54, 1.807) is 0 Å². The lowest BCUT2D eigenvalue weighted by Gasteiger charge is -2.17. The molecule has 6 heteroatoms. The van der Waals surface area contributed by atoms with Crippen molar-refractivity contribution < 1.29 is 34.5 Å². The Bertz CT molecular complexity index is 624. The van der Waals surface area contributed by atoms with Gasteiger partial charge in [0.25, 0.3) is 0 Å². The van der Waals surface area contributed by atoms with Gasteiger partial charge >= 0.3 is 5.97 Å². The largest absolute Gasteiger partial charge is 0.504 e. The van der Waals surface area contributed by atoms with E-state index in [1.807, 2.05) is 0 Å². The molecule has 2 atom stereocenters. The number of phenolic OH excluding ortho intramolecular Hbond substituents is 2. The van der Waals surface area contributed by atoms with Crippen LogP contribution in [-0.4, -0.2) is 34.4 Å². The minimum Gasteiger partial charge on any atom is -0.504 e. The number of hydrogen-bond donors (Lipinski definition) is 4. The van der Waals surface area contributed by atoms with Gasteiger partial charge in [0.1, 0.15) is 14.9 Å². The molecule has 0 aliphatic carbocycles. The second kappa shape index (κ2) is 4.82. The summed E-state index contributed by atoms with van der Waals surface area (Å²) in [4.78, 5) is 11.7. The van der Waals surface area contributed by atoms with E-state index in [4.69, 9.17) is 9.68 Å². The molecule has 0 bridgehead atoms. The van der Waals surface area contributed by atoms with Gasteiger partial charge in [0, 0.05) is 0 Å². The van der Waals surface area contributed by atoms with E-state index in [2.05, 4.69) is 4.74 Å². The topological polar surface area (TPSA) is 113 Å². The molecule has 0 unspecified atom stereocenters. The number of phenols is 2. The Morgan fingerprint density at radius 3 is 2.88 bits per heavy atom. The maximum atomic E-state index is 11.7. The van der Waals surface area contributed by atoms with Crippen molar-refractivity contribution in [1.82, 2.24) is 0 Å². The monoisotopic (exact) mass is 234 g/mol. The number of ether oxygens (including phenoxy) is 1. The fourth-order valence-electron chi connectivity index (χ4n) is 0.820. The highest BCUT2D eigenvalue weighted by molar-refractivity contribution is 5.76. The van der Waals surface area contributed by atoms with Gasteiger partial charge in [-0.2, -0.15) is 0 Å². The van der Waals surface area contributed by atoms with Crippen molar-refractivity contribution in [3.05, 3.63) is 23.7 Å². The van der Waals surface area contributed by atoms with Gasteiger partial charge in [0.2, 0.25) is 0 Å². The minimum absolute atomic E-state index is 0.668. The van der Waals surface area contributed by atoms with Crippen LogP contribution in [0.5, 0.6) is 11.5 Å². The number of rotatable bonds is 4. The van der Waals surface area contributed by atoms with E-state index in [0.717, 1.165) is 7.11 Å². The fourth-order valence-corrected chi connectivity index (χ4v) is 0.820. The number of methoxy groups -OCH3 is 1. The Labute approximate surface area is 102 Å². The summed E-state index contributed by atoms with van der Waals surface area (Å²) in [6.07, 6.45) is -3.63. The maximum absolute atomic E-state index is 11.7. The Morgan fingerprint density at radius 2 is 2.31 bits per heavy atom. The Hall–Kier alpha value is -1.79. The standard InChI is InChI=1S/C10H13NO5/c1-16-10(15)8(11)9(14)5-2-3-6(12)7(13)4-5/h2-4,8-9,12-14H,11H2,1H3/t8-,9+/m1/s1/i2D,3D,4D,8D,9D/hD2. The highest BCUT2D eigenvalue weighted by Crippen LogP contribution is 2.28. The molecule has 0 saturated heterocycles. The molecule has 1 aromatic rings. The zero-order chi connectivity index (χ0) is 18.3. The number of esters is 1. The van der Waals surface area contributed by atoms with Crippen LogP contribution in [0.1, 0.15) is 18.5 Å². The van der Waals surface area contributed by atoms with Gasteiger partial charge in [-0.05, 0) is 17.6 Å². The fraction of sp³-hybridized carbons (Fsp3) is 0.300. The third-order valence-corrected chi connectivity index (χ3v) is 1.61. The van der Waals surface area contributed by atoms with Crippen LogP contribution in [0.15, 0.2) is 18.1 Å². The quantitative estimate of drug-likeness (QED) is 0.417. The molecule has 0 heterocycles. The van der Waals surface area contributed by atoms with Crippen molar-refractivity contribution in [2.45, 2.75) is 12.1 Å². The van der Waals surface area contributed by atoms with Crippen LogP contribution < -0.4 is 5.72 Å². The molecule has 6 nitrogen and oxygen atoms in total. The van der Waals surface area contributed by atoms with Crippen molar-refractivity contribution in [3.63, 3.8) is 0 Å². The van der Waals surface area contributed by atoms with E-state index in [0.29, 0.717) is 0 Å². The number of aliphatic hydroxyl groups is 1. The average molecular weight is 234 g/mol. The lowest BCUT2D eigenvalue weighted by Crippen LogP contribution is -2.37. The first kappa shape index (κ1) is 5.51. The molecular weight excluding hydrogens is 214 g/mol. The Balaban J connectivity index is 3.83. The molecule has 88 valence electrons. The molecule has 0 aliphatic heterocycles. The first-order chi connectivity index (χ1) is 10.4. The predicted octanol–water partition coefficient (Wildman–Crippen LogP) is -0.368. The maximum Gasteiger partial charge on any atom is 0.325 e. The van der Waals surface area contributed by atoms with Crippen LogP contribution in [0, 0.1) is 0 Å². The molecule has 0 aromatic heterocycles. The first-order valence-electron chi connectivity index (χ1n) is 7.36. The molecule has 0 aliphatic rings. The second-order valence-electron chi connectivity index (χ2n) is 2.64. The summed E-state index contributed by atoms with van der Waals surface area (Å²) in [6, 6.07) is -6.88. The van der Waals surface area contributed by atoms with Crippen molar-refractivity contribution in [1.29, 1.82) is 0 Å². The molecule has 1 rings (SSSR count). The number of benzene rings is 1. The van der Waals surface area contributed by atoms with Gasteiger partial charge in [-0.15, -0.1) is 0 Å². The molecule has 0 radical (unpaired) electrons. The van der Waals surface area contributed by atoms with Crippen molar-refractivity contribution >= 4 is 5.97 Å². The van der Waals surface area contributed by atoms with Gasteiger partial charge in [0.05, 0.1) is 14.0 Å².